The van der Waals surface area contributed by atoms with Crippen LogP contribution in [0.4, 0.5) is 0 Å². The number of imide groups is 1. The molecule has 6 nitrogen and oxygen atoms in total. The quantitative estimate of drug-likeness (QED) is 0.787. The van der Waals surface area contributed by atoms with Crippen LogP contribution in [0.5, 0.6) is 0 Å². The molecule has 1 fully saturated rings. The molecule has 0 spiro atoms. The number of benzene rings is 1. The normalized spacial score (nSPS) is 17.9. The maximum atomic E-state index is 12.4. The van der Waals surface area contributed by atoms with Gasteiger partial charge >= 0.3 is 0 Å². The highest BCUT2D eigenvalue weighted by Gasteiger charge is 2.36. The summed E-state index contributed by atoms with van der Waals surface area (Å²) < 4.78 is 0. The lowest BCUT2D eigenvalue weighted by Crippen LogP contribution is -2.52. The fourth-order valence-electron chi connectivity index (χ4n) is 3.22. The first-order chi connectivity index (χ1) is 12.1. The van der Waals surface area contributed by atoms with Gasteiger partial charge < -0.3 is 4.90 Å². The van der Waals surface area contributed by atoms with E-state index in [0.717, 1.165) is 4.88 Å². The molecule has 1 aromatic carbocycles. The van der Waals surface area contributed by atoms with Crippen LogP contribution >= 0.6 is 11.3 Å². The van der Waals surface area contributed by atoms with Gasteiger partial charge in [0.2, 0.25) is 0 Å². The zero-order valence-corrected chi connectivity index (χ0v) is 14.4. The summed E-state index contributed by atoms with van der Waals surface area (Å²) in [5.74, 6) is -0.425. The SMILES string of the molecule is O=C(c1cccs1)N1CCN(CN2C(=O)c3ccccc3C2=O)CC1. The Labute approximate surface area is 149 Å². The Balaban J connectivity index is 1.37. The van der Waals surface area contributed by atoms with Gasteiger partial charge in [-0.15, -0.1) is 11.3 Å². The van der Waals surface area contributed by atoms with Crippen molar-refractivity contribution in [2.75, 3.05) is 32.8 Å². The molecular formula is C18H17N3O3S. The van der Waals surface area contributed by atoms with Crippen LogP contribution in [0.25, 0.3) is 0 Å². The summed E-state index contributed by atoms with van der Waals surface area (Å²) in [6, 6.07) is 10.6. The highest BCUT2D eigenvalue weighted by atomic mass is 32.1. The lowest BCUT2D eigenvalue weighted by atomic mass is 10.1. The summed E-state index contributed by atoms with van der Waals surface area (Å²) in [7, 11) is 0. The van der Waals surface area contributed by atoms with Gasteiger partial charge in [0.25, 0.3) is 17.7 Å². The molecule has 0 N–H and O–H groups in total. The number of fused-ring (bicyclic) bond motifs is 1. The second kappa shape index (κ2) is 6.42. The summed E-state index contributed by atoms with van der Waals surface area (Å²) in [6.07, 6.45) is 0. The van der Waals surface area contributed by atoms with Crippen LogP contribution in [-0.2, 0) is 0 Å². The number of rotatable bonds is 3. The van der Waals surface area contributed by atoms with Gasteiger partial charge in [-0.05, 0) is 23.6 Å². The largest absolute Gasteiger partial charge is 0.335 e. The molecule has 0 saturated carbocycles. The van der Waals surface area contributed by atoms with Gasteiger partial charge in [-0.3, -0.25) is 24.2 Å². The van der Waals surface area contributed by atoms with Crippen molar-refractivity contribution in [2.45, 2.75) is 0 Å². The van der Waals surface area contributed by atoms with Crippen molar-refractivity contribution in [3.05, 3.63) is 57.8 Å². The molecule has 3 heterocycles. The molecule has 1 saturated heterocycles. The highest BCUT2D eigenvalue weighted by molar-refractivity contribution is 7.12. The molecule has 4 rings (SSSR count). The summed E-state index contributed by atoms with van der Waals surface area (Å²) in [5, 5.41) is 1.89. The Morgan fingerprint density at radius 2 is 1.56 bits per heavy atom. The minimum Gasteiger partial charge on any atom is -0.335 e. The first-order valence-electron chi connectivity index (χ1n) is 8.15. The van der Waals surface area contributed by atoms with Crippen molar-refractivity contribution < 1.29 is 14.4 Å². The lowest BCUT2D eigenvalue weighted by molar-refractivity contribution is 0.0412. The van der Waals surface area contributed by atoms with Crippen LogP contribution in [0.1, 0.15) is 30.4 Å². The molecule has 2 aromatic rings. The van der Waals surface area contributed by atoms with Crippen molar-refractivity contribution in [1.82, 2.24) is 14.7 Å². The van der Waals surface area contributed by atoms with Crippen molar-refractivity contribution in [1.29, 1.82) is 0 Å². The average molecular weight is 355 g/mol. The number of amides is 3. The fraction of sp³-hybridized carbons (Fsp3) is 0.278. The minimum atomic E-state index is -0.238. The van der Waals surface area contributed by atoms with Gasteiger partial charge in [0.05, 0.1) is 22.7 Å². The Kier molecular flexibility index (Phi) is 4.10. The lowest BCUT2D eigenvalue weighted by Gasteiger charge is -2.35. The van der Waals surface area contributed by atoms with Crippen LogP contribution in [-0.4, -0.2) is 65.3 Å². The monoisotopic (exact) mass is 355 g/mol. The van der Waals surface area contributed by atoms with E-state index >= 15 is 0 Å². The summed E-state index contributed by atoms with van der Waals surface area (Å²) >= 11 is 1.44. The maximum absolute atomic E-state index is 12.4. The van der Waals surface area contributed by atoms with E-state index in [-0.39, 0.29) is 24.4 Å². The molecule has 2 aliphatic heterocycles. The predicted molar refractivity (Wildman–Crippen MR) is 93.6 cm³/mol. The van der Waals surface area contributed by atoms with E-state index in [1.54, 1.807) is 24.3 Å². The number of piperazine rings is 1. The Bertz CT molecular complexity index is 791. The van der Waals surface area contributed by atoms with Crippen molar-refractivity contribution in [2.24, 2.45) is 0 Å². The van der Waals surface area contributed by atoms with Crippen molar-refractivity contribution in [3.8, 4) is 0 Å². The van der Waals surface area contributed by atoms with Crippen LogP contribution in [0.2, 0.25) is 0 Å². The van der Waals surface area contributed by atoms with Gasteiger partial charge in [0.15, 0.2) is 0 Å². The number of carbonyl (C=O) groups excluding carboxylic acids is 3. The van der Waals surface area contributed by atoms with Crippen LogP contribution in [0, 0.1) is 0 Å². The van der Waals surface area contributed by atoms with Crippen LogP contribution in [0.3, 0.4) is 0 Å². The third kappa shape index (κ3) is 2.85. The first-order valence-corrected chi connectivity index (χ1v) is 9.03. The molecule has 0 radical (unpaired) electrons. The summed E-state index contributed by atoms with van der Waals surface area (Å²) in [5.41, 5.74) is 0.943. The molecule has 0 atom stereocenters. The first kappa shape index (κ1) is 16.0. The molecule has 1 aromatic heterocycles. The Morgan fingerprint density at radius 1 is 0.920 bits per heavy atom. The summed E-state index contributed by atoms with van der Waals surface area (Å²) in [4.78, 5) is 43.1. The van der Waals surface area contributed by atoms with Gasteiger partial charge in [0.1, 0.15) is 0 Å². The van der Waals surface area contributed by atoms with Gasteiger partial charge in [-0.1, -0.05) is 18.2 Å². The number of thiophene rings is 1. The zero-order chi connectivity index (χ0) is 17.4. The second-order valence-electron chi connectivity index (χ2n) is 6.11. The number of hydrogen-bond donors (Lipinski definition) is 0. The van der Waals surface area contributed by atoms with Crippen molar-refractivity contribution >= 4 is 29.1 Å². The second-order valence-corrected chi connectivity index (χ2v) is 7.06. The van der Waals surface area contributed by atoms with Crippen LogP contribution < -0.4 is 0 Å². The third-order valence-electron chi connectivity index (χ3n) is 4.61. The van der Waals surface area contributed by atoms with Crippen molar-refractivity contribution in [3.63, 3.8) is 0 Å². The summed E-state index contributed by atoms with van der Waals surface area (Å²) in [6.45, 7) is 2.75. The van der Waals surface area contributed by atoms with Crippen LogP contribution in [0.15, 0.2) is 41.8 Å². The Morgan fingerprint density at radius 3 is 2.12 bits per heavy atom. The fourth-order valence-corrected chi connectivity index (χ4v) is 3.91. The van der Waals surface area contributed by atoms with E-state index in [1.165, 1.54) is 16.2 Å². The van der Waals surface area contributed by atoms with E-state index in [4.69, 9.17) is 0 Å². The zero-order valence-electron chi connectivity index (χ0n) is 13.6. The molecule has 128 valence electrons. The standard InChI is InChI=1S/C18H17N3O3S/c22-16-13-4-1-2-5-14(13)17(23)21(16)12-19-7-9-20(10-8-19)18(24)15-6-3-11-25-15/h1-6,11H,7-10,12H2. The average Bonchev–Trinajstić information content (AvgIpc) is 3.26. The van der Waals surface area contributed by atoms with Gasteiger partial charge in [-0.2, -0.15) is 0 Å². The molecule has 0 unspecified atom stereocenters. The van der Waals surface area contributed by atoms with E-state index in [2.05, 4.69) is 0 Å². The highest BCUT2D eigenvalue weighted by Crippen LogP contribution is 2.23. The van der Waals surface area contributed by atoms with E-state index in [9.17, 15) is 14.4 Å². The molecule has 7 heteroatoms. The third-order valence-corrected chi connectivity index (χ3v) is 5.47. The van der Waals surface area contributed by atoms with E-state index in [1.807, 2.05) is 27.3 Å². The Hall–Kier alpha value is -2.51. The molecule has 2 aliphatic rings. The maximum Gasteiger partial charge on any atom is 0.264 e. The smallest absolute Gasteiger partial charge is 0.264 e. The molecule has 3 amide bonds. The van der Waals surface area contributed by atoms with E-state index in [0.29, 0.717) is 37.3 Å². The van der Waals surface area contributed by atoms with Gasteiger partial charge in [-0.25, -0.2) is 0 Å². The van der Waals surface area contributed by atoms with Gasteiger partial charge in [0, 0.05) is 26.2 Å². The molecule has 0 aliphatic carbocycles. The number of hydrogen-bond acceptors (Lipinski definition) is 5. The van der Waals surface area contributed by atoms with E-state index < -0.39 is 0 Å². The number of nitrogens with zero attached hydrogens (tertiary/aromatic N) is 3. The topological polar surface area (TPSA) is 60.9 Å². The molecule has 25 heavy (non-hydrogen) atoms. The molecule has 0 bridgehead atoms. The number of carbonyl (C=O) groups is 3. The predicted octanol–water partition coefficient (Wildman–Crippen LogP) is 1.76. The molecular weight excluding hydrogens is 338 g/mol. The minimum absolute atomic E-state index is 0.0513.